The first kappa shape index (κ1) is 12.9. The van der Waals surface area contributed by atoms with Crippen molar-refractivity contribution in [2.75, 3.05) is 13.2 Å². The van der Waals surface area contributed by atoms with Crippen molar-refractivity contribution in [3.8, 4) is 0 Å². The van der Waals surface area contributed by atoms with E-state index in [1.807, 2.05) is 6.92 Å². The second-order valence-corrected chi connectivity index (χ2v) is 5.98. The van der Waals surface area contributed by atoms with Gasteiger partial charge in [-0.3, -0.25) is 0 Å². The molecule has 0 heterocycles. The zero-order valence-corrected chi connectivity index (χ0v) is 10.2. The second kappa shape index (κ2) is 4.81. The van der Waals surface area contributed by atoms with Crippen LogP contribution in [-0.2, 0) is 0 Å². The molecule has 1 rings (SSSR count). The fourth-order valence-electron chi connectivity index (χ4n) is 2.46. The van der Waals surface area contributed by atoms with E-state index < -0.39 is 5.54 Å². The van der Waals surface area contributed by atoms with Gasteiger partial charge in [-0.15, -0.1) is 0 Å². The number of nitrogens with one attached hydrogen (secondary N) is 1. The number of hydrogen-bond donors (Lipinski definition) is 3. The zero-order valence-electron chi connectivity index (χ0n) is 10.2. The molecule has 15 heavy (non-hydrogen) atoms. The summed E-state index contributed by atoms with van der Waals surface area (Å²) in [5.74, 6) is 0. The first-order valence-electron chi connectivity index (χ1n) is 5.90. The van der Waals surface area contributed by atoms with E-state index in [1.165, 1.54) is 12.8 Å². The van der Waals surface area contributed by atoms with E-state index in [0.29, 0.717) is 11.5 Å². The number of aliphatic hydroxyl groups is 2. The van der Waals surface area contributed by atoms with Crippen LogP contribution in [0.5, 0.6) is 0 Å². The van der Waals surface area contributed by atoms with E-state index in [4.69, 9.17) is 0 Å². The molecular weight excluding hydrogens is 190 g/mol. The molecule has 90 valence electrons. The molecule has 0 spiro atoms. The monoisotopic (exact) mass is 215 g/mol. The van der Waals surface area contributed by atoms with Crippen LogP contribution in [0.3, 0.4) is 0 Å². The van der Waals surface area contributed by atoms with Gasteiger partial charge in [0.05, 0.1) is 18.8 Å². The lowest BCUT2D eigenvalue weighted by atomic mass is 9.74. The van der Waals surface area contributed by atoms with E-state index in [1.54, 1.807) is 0 Å². The molecule has 3 nitrogen and oxygen atoms in total. The third-order valence-electron chi connectivity index (χ3n) is 3.46. The highest BCUT2D eigenvalue weighted by atomic mass is 16.3. The van der Waals surface area contributed by atoms with Gasteiger partial charge in [-0.2, -0.15) is 0 Å². The van der Waals surface area contributed by atoms with Crippen LogP contribution in [0.1, 0.15) is 46.5 Å². The summed E-state index contributed by atoms with van der Waals surface area (Å²) in [7, 11) is 0. The average molecular weight is 215 g/mol. The van der Waals surface area contributed by atoms with Gasteiger partial charge in [0.25, 0.3) is 0 Å². The first-order chi connectivity index (χ1) is 6.91. The zero-order chi connectivity index (χ0) is 11.5. The van der Waals surface area contributed by atoms with Crippen molar-refractivity contribution in [2.45, 2.75) is 58.0 Å². The lowest BCUT2D eigenvalue weighted by molar-refractivity contribution is 0.0753. The van der Waals surface area contributed by atoms with Gasteiger partial charge < -0.3 is 15.5 Å². The SMILES string of the molecule is CC1(C)CCCC(NC(C)(CO)CO)C1. The molecule has 0 aromatic carbocycles. The Morgan fingerprint density at radius 2 is 1.93 bits per heavy atom. The van der Waals surface area contributed by atoms with E-state index in [2.05, 4.69) is 19.2 Å². The van der Waals surface area contributed by atoms with Gasteiger partial charge in [-0.05, 0) is 31.6 Å². The molecule has 0 radical (unpaired) electrons. The molecule has 0 aromatic rings. The minimum atomic E-state index is -0.530. The minimum absolute atomic E-state index is 0.0135. The molecule has 1 saturated carbocycles. The molecule has 1 aliphatic rings. The molecule has 1 aliphatic carbocycles. The summed E-state index contributed by atoms with van der Waals surface area (Å²) in [5, 5.41) is 21.8. The quantitative estimate of drug-likeness (QED) is 0.662. The molecule has 0 bridgehead atoms. The topological polar surface area (TPSA) is 52.5 Å². The fraction of sp³-hybridized carbons (Fsp3) is 1.00. The smallest absolute Gasteiger partial charge is 0.0633 e. The first-order valence-corrected chi connectivity index (χ1v) is 5.90. The van der Waals surface area contributed by atoms with Gasteiger partial charge in [0.1, 0.15) is 0 Å². The average Bonchev–Trinajstić information content (AvgIpc) is 2.16. The highest BCUT2D eigenvalue weighted by Crippen LogP contribution is 2.35. The van der Waals surface area contributed by atoms with Crippen LogP contribution < -0.4 is 5.32 Å². The second-order valence-electron chi connectivity index (χ2n) is 5.98. The molecule has 1 unspecified atom stereocenters. The third-order valence-corrected chi connectivity index (χ3v) is 3.46. The summed E-state index contributed by atoms with van der Waals surface area (Å²) in [6.07, 6.45) is 4.79. The van der Waals surface area contributed by atoms with Gasteiger partial charge >= 0.3 is 0 Å². The lowest BCUT2D eigenvalue weighted by Crippen LogP contribution is -2.55. The minimum Gasteiger partial charge on any atom is -0.394 e. The van der Waals surface area contributed by atoms with Crippen molar-refractivity contribution in [3.05, 3.63) is 0 Å². The summed E-state index contributed by atoms with van der Waals surface area (Å²) in [6.45, 7) is 6.42. The Kier molecular flexibility index (Phi) is 4.15. The molecular formula is C12H25NO2. The van der Waals surface area contributed by atoms with Gasteiger partial charge in [0, 0.05) is 6.04 Å². The van der Waals surface area contributed by atoms with Crippen LogP contribution in [0.4, 0.5) is 0 Å². The van der Waals surface area contributed by atoms with Crippen LogP contribution in [0.15, 0.2) is 0 Å². The number of aliphatic hydroxyl groups excluding tert-OH is 2. The number of hydrogen-bond acceptors (Lipinski definition) is 3. The maximum absolute atomic E-state index is 9.22. The van der Waals surface area contributed by atoms with Gasteiger partial charge in [-0.25, -0.2) is 0 Å². The normalized spacial score (nSPS) is 26.6. The Morgan fingerprint density at radius 1 is 1.33 bits per heavy atom. The van der Waals surface area contributed by atoms with E-state index >= 15 is 0 Å². The molecule has 3 heteroatoms. The summed E-state index contributed by atoms with van der Waals surface area (Å²) in [4.78, 5) is 0. The van der Waals surface area contributed by atoms with Crippen molar-refractivity contribution >= 4 is 0 Å². The van der Waals surface area contributed by atoms with E-state index in [-0.39, 0.29) is 13.2 Å². The molecule has 0 aromatic heterocycles. The Balaban J connectivity index is 2.51. The van der Waals surface area contributed by atoms with Crippen molar-refractivity contribution in [2.24, 2.45) is 5.41 Å². The molecule has 0 amide bonds. The number of rotatable bonds is 4. The third kappa shape index (κ3) is 3.74. The van der Waals surface area contributed by atoms with Gasteiger partial charge in [0.2, 0.25) is 0 Å². The van der Waals surface area contributed by atoms with E-state index in [9.17, 15) is 10.2 Å². The Labute approximate surface area is 92.9 Å². The Bertz CT molecular complexity index is 200. The molecule has 0 aliphatic heterocycles. The van der Waals surface area contributed by atoms with Crippen LogP contribution in [0.25, 0.3) is 0 Å². The van der Waals surface area contributed by atoms with Crippen molar-refractivity contribution in [3.63, 3.8) is 0 Å². The van der Waals surface area contributed by atoms with Gasteiger partial charge in [0.15, 0.2) is 0 Å². The highest BCUT2D eigenvalue weighted by molar-refractivity contribution is 4.90. The summed E-state index contributed by atoms with van der Waals surface area (Å²) < 4.78 is 0. The highest BCUT2D eigenvalue weighted by Gasteiger charge is 2.32. The Hall–Kier alpha value is -0.120. The van der Waals surface area contributed by atoms with Crippen LogP contribution in [0, 0.1) is 5.41 Å². The Morgan fingerprint density at radius 3 is 2.40 bits per heavy atom. The largest absolute Gasteiger partial charge is 0.394 e. The molecule has 3 N–H and O–H groups in total. The predicted octanol–water partition coefficient (Wildman–Crippen LogP) is 1.29. The fourth-order valence-corrected chi connectivity index (χ4v) is 2.46. The van der Waals surface area contributed by atoms with Crippen LogP contribution in [0.2, 0.25) is 0 Å². The van der Waals surface area contributed by atoms with Gasteiger partial charge in [-0.1, -0.05) is 20.3 Å². The molecule has 0 saturated heterocycles. The summed E-state index contributed by atoms with van der Waals surface area (Å²) in [6, 6.07) is 0.429. The maximum atomic E-state index is 9.22. The predicted molar refractivity (Wildman–Crippen MR) is 61.7 cm³/mol. The van der Waals surface area contributed by atoms with Crippen molar-refractivity contribution in [1.82, 2.24) is 5.32 Å². The summed E-state index contributed by atoms with van der Waals surface area (Å²) >= 11 is 0. The van der Waals surface area contributed by atoms with Crippen LogP contribution in [-0.4, -0.2) is 35.0 Å². The molecule has 1 fully saturated rings. The van der Waals surface area contributed by atoms with Crippen molar-refractivity contribution in [1.29, 1.82) is 0 Å². The van der Waals surface area contributed by atoms with Crippen molar-refractivity contribution < 1.29 is 10.2 Å². The summed E-state index contributed by atoms with van der Waals surface area (Å²) in [5.41, 5.74) is -0.139. The lowest BCUT2D eigenvalue weighted by Gasteiger charge is -2.40. The maximum Gasteiger partial charge on any atom is 0.0633 e. The molecule has 1 atom stereocenters. The van der Waals surface area contributed by atoms with Crippen LogP contribution >= 0.6 is 0 Å². The van der Waals surface area contributed by atoms with E-state index in [0.717, 1.165) is 12.8 Å². The standard InChI is InChI=1S/C12H25NO2/c1-11(2)6-4-5-10(7-11)13-12(3,8-14)9-15/h10,13-15H,4-9H2,1-3H3.